The monoisotopic (exact) mass is 425 g/mol. The lowest BCUT2D eigenvalue weighted by Crippen LogP contribution is -2.29. The van der Waals surface area contributed by atoms with Gasteiger partial charge in [0.05, 0.1) is 23.1 Å². The van der Waals surface area contributed by atoms with Crippen LogP contribution in [0.15, 0.2) is 54.6 Å². The third-order valence-corrected chi connectivity index (χ3v) is 5.28. The van der Waals surface area contributed by atoms with Gasteiger partial charge >= 0.3 is 0 Å². The highest BCUT2D eigenvalue weighted by Crippen LogP contribution is 2.29. The summed E-state index contributed by atoms with van der Waals surface area (Å²) in [5.74, 6) is -0.242. The number of methoxy groups -OCH3 is 1. The lowest BCUT2D eigenvalue weighted by molar-refractivity contribution is 0.0965. The molecule has 0 fully saturated rings. The molecule has 0 aliphatic heterocycles. The predicted octanol–water partition coefficient (Wildman–Crippen LogP) is 3.78. The summed E-state index contributed by atoms with van der Waals surface area (Å²) in [4.78, 5) is 25.8. The van der Waals surface area contributed by atoms with Crippen molar-refractivity contribution in [1.82, 2.24) is 15.6 Å². The summed E-state index contributed by atoms with van der Waals surface area (Å²) in [6.45, 7) is 0. The van der Waals surface area contributed by atoms with Crippen LogP contribution in [0.5, 0.6) is 5.75 Å². The van der Waals surface area contributed by atoms with Crippen molar-refractivity contribution >= 4 is 44.9 Å². The zero-order valence-electron chi connectivity index (χ0n) is 15.7. The van der Waals surface area contributed by atoms with Gasteiger partial charge in [0.15, 0.2) is 0 Å². The molecule has 4 N–H and O–H groups in total. The van der Waals surface area contributed by atoms with Crippen LogP contribution in [-0.2, 0) is 0 Å². The molecule has 4 aromatic rings. The molecular weight excluding hydrogens is 409 g/mol. The smallest absolute Gasteiger partial charge is 0.279 e. The lowest BCUT2D eigenvalue weighted by Gasteiger charge is -2.07. The first-order valence-electron chi connectivity index (χ1n) is 8.79. The number of thiophene rings is 1. The Labute approximate surface area is 174 Å². The number of rotatable bonds is 6. The third-order valence-electron chi connectivity index (χ3n) is 4.25. The maximum absolute atomic E-state index is 13.6. The summed E-state index contributed by atoms with van der Waals surface area (Å²) in [5, 5.41) is 10.2. The highest BCUT2D eigenvalue weighted by atomic mass is 32.1. The number of amides is 2. The van der Waals surface area contributed by atoms with Gasteiger partial charge in [-0.15, -0.1) is 11.3 Å². The Hall–Kier alpha value is -3.92. The Bertz CT molecular complexity index is 1220. The quantitative estimate of drug-likeness (QED) is 0.352. The summed E-state index contributed by atoms with van der Waals surface area (Å²) < 4.78 is 18.7. The first-order chi connectivity index (χ1) is 14.5. The molecule has 2 aromatic heterocycles. The van der Waals surface area contributed by atoms with E-state index in [-0.39, 0.29) is 11.6 Å². The number of hydrogen-bond acceptors (Lipinski definition) is 6. The molecule has 0 atom stereocenters. The minimum atomic E-state index is -0.484. The van der Waals surface area contributed by atoms with Crippen molar-refractivity contribution in [3.05, 3.63) is 70.9 Å². The Morgan fingerprint density at radius 1 is 1.10 bits per heavy atom. The Morgan fingerprint density at radius 2 is 1.87 bits per heavy atom. The van der Waals surface area contributed by atoms with E-state index in [0.29, 0.717) is 32.2 Å². The number of para-hydroxylation sites is 1. The summed E-state index contributed by atoms with van der Waals surface area (Å²) >= 11 is 1.14. The van der Waals surface area contributed by atoms with Crippen LogP contribution in [0.2, 0.25) is 0 Å². The molecular formula is C20H16FN5O3S. The number of H-pyrrole nitrogens is 1. The molecule has 2 aromatic carbocycles. The molecule has 30 heavy (non-hydrogen) atoms. The van der Waals surface area contributed by atoms with Crippen LogP contribution in [0, 0.1) is 5.82 Å². The van der Waals surface area contributed by atoms with Crippen LogP contribution in [0.4, 0.5) is 15.9 Å². The standard InChI is InChI=1S/C20H16FN5O3S/c1-29-12-8-6-11(7-9-12)18(27)22-17-13-10-16(30-20(13)26-24-17)19(28)25-23-15-5-3-2-4-14(15)21/h2-10,23H,1H3,(H,25,28)(H2,22,24,26,27). The van der Waals surface area contributed by atoms with Gasteiger partial charge < -0.3 is 10.1 Å². The third kappa shape index (κ3) is 3.94. The minimum Gasteiger partial charge on any atom is -0.497 e. The van der Waals surface area contributed by atoms with Crippen molar-refractivity contribution in [2.24, 2.45) is 0 Å². The molecule has 0 aliphatic carbocycles. The molecule has 0 unspecified atom stereocenters. The molecule has 2 heterocycles. The fraction of sp³-hybridized carbons (Fsp3) is 0.0500. The molecule has 152 valence electrons. The van der Waals surface area contributed by atoms with E-state index in [9.17, 15) is 14.0 Å². The number of anilines is 2. The van der Waals surface area contributed by atoms with E-state index in [1.807, 2.05) is 0 Å². The second kappa shape index (κ2) is 8.21. The molecule has 0 saturated carbocycles. The molecule has 2 amide bonds. The van der Waals surface area contributed by atoms with Gasteiger partial charge in [0.1, 0.15) is 22.2 Å². The minimum absolute atomic E-state index is 0.153. The fourth-order valence-corrected chi connectivity index (χ4v) is 3.59. The van der Waals surface area contributed by atoms with Gasteiger partial charge in [-0.1, -0.05) is 12.1 Å². The number of ether oxygens (including phenoxy) is 1. The van der Waals surface area contributed by atoms with Gasteiger partial charge in [0, 0.05) is 5.56 Å². The maximum Gasteiger partial charge on any atom is 0.279 e. The summed E-state index contributed by atoms with van der Waals surface area (Å²) in [6, 6.07) is 14.2. The van der Waals surface area contributed by atoms with Crippen LogP contribution in [0.25, 0.3) is 10.2 Å². The number of hydrazine groups is 1. The van der Waals surface area contributed by atoms with Crippen molar-refractivity contribution in [3.8, 4) is 5.75 Å². The lowest BCUT2D eigenvalue weighted by atomic mass is 10.2. The number of aromatic amines is 1. The molecule has 10 heteroatoms. The average Bonchev–Trinajstić information content (AvgIpc) is 3.35. The van der Waals surface area contributed by atoms with E-state index in [0.717, 1.165) is 11.3 Å². The van der Waals surface area contributed by atoms with E-state index in [1.165, 1.54) is 12.1 Å². The number of benzene rings is 2. The largest absolute Gasteiger partial charge is 0.497 e. The van der Waals surface area contributed by atoms with Crippen molar-refractivity contribution in [2.45, 2.75) is 0 Å². The number of carbonyl (C=O) groups is 2. The van der Waals surface area contributed by atoms with Crippen LogP contribution in [0.3, 0.4) is 0 Å². The average molecular weight is 425 g/mol. The van der Waals surface area contributed by atoms with E-state index in [2.05, 4.69) is 26.4 Å². The van der Waals surface area contributed by atoms with Crippen molar-refractivity contribution < 1.29 is 18.7 Å². The first kappa shape index (κ1) is 19.4. The van der Waals surface area contributed by atoms with Gasteiger partial charge in [0.2, 0.25) is 0 Å². The Morgan fingerprint density at radius 3 is 2.60 bits per heavy atom. The van der Waals surface area contributed by atoms with E-state index >= 15 is 0 Å². The maximum atomic E-state index is 13.6. The SMILES string of the molecule is COc1ccc(C(=O)Nc2[nH]nc3sc(C(=O)NNc4ccccc4F)cc23)cc1. The predicted molar refractivity (Wildman–Crippen MR) is 112 cm³/mol. The number of aromatic nitrogens is 2. The van der Waals surface area contributed by atoms with E-state index in [1.54, 1.807) is 49.6 Å². The first-order valence-corrected chi connectivity index (χ1v) is 9.61. The molecule has 0 saturated heterocycles. The highest BCUT2D eigenvalue weighted by Gasteiger charge is 2.17. The van der Waals surface area contributed by atoms with Crippen molar-refractivity contribution in [2.75, 3.05) is 17.9 Å². The van der Waals surface area contributed by atoms with Crippen molar-refractivity contribution in [1.29, 1.82) is 0 Å². The normalized spacial score (nSPS) is 10.6. The number of hydrogen-bond donors (Lipinski definition) is 4. The molecule has 4 rings (SSSR count). The zero-order valence-corrected chi connectivity index (χ0v) is 16.5. The number of fused-ring (bicyclic) bond motifs is 1. The number of nitrogens with zero attached hydrogens (tertiary/aromatic N) is 1. The fourth-order valence-electron chi connectivity index (χ4n) is 2.69. The van der Waals surface area contributed by atoms with E-state index in [4.69, 9.17) is 4.74 Å². The van der Waals surface area contributed by atoms with Crippen LogP contribution in [-0.4, -0.2) is 29.1 Å². The van der Waals surface area contributed by atoms with E-state index < -0.39 is 11.7 Å². The van der Waals surface area contributed by atoms with Crippen LogP contribution < -0.4 is 20.9 Å². The molecule has 0 bridgehead atoms. The van der Waals surface area contributed by atoms with Gasteiger partial charge in [0.25, 0.3) is 11.8 Å². The van der Waals surface area contributed by atoms with Gasteiger partial charge in [-0.05, 0) is 42.5 Å². The van der Waals surface area contributed by atoms with Gasteiger partial charge in [-0.2, -0.15) is 5.10 Å². The number of nitrogens with one attached hydrogen (secondary N) is 4. The summed E-state index contributed by atoms with van der Waals surface area (Å²) in [7, 11) is 1.55. The van der Waals surface area contributed by atoms with Crippen LogP contribution >= 0.6 is 11.3 Å². The Balaban J connectivity index is 1.47. The van der Waals surface area contributed by atoms with Gasteiger partial charge in [-0.3, -0.25) is 25.5 Å². The van der Waals surface area contributed by atoms with Crippen LogP contribution in [0.1, 0.15) is 20.0 Å². The molecule has 8 nitrogen and oxygen atoms in total. The topological polar surface area (TPSA) is 108 Å². The number of halogens is 1. The second-order valence-corrected chi connectivity index (χ2v) is 7.20. The molecule has 0 aliphatic rings. The molecule has 0 spiro atoms. The Kier molecular flexibility index (Phi) is 5.31. The highest BCUT2D eigenvalue weighted by molar-refractivity contribution is 7.20. The van der Waals surface area contributed by atoms with Gasteiger partial charge in [-0.25, -0.2) is 4.39 Å². The van der Waals surface area contributed by atoms with Crippen molar-refractivity contribution in [3.63, 3.8) is 0 Å². The summed E-state index contributed by atoms with van der Waals surface area (Å²) in [5.41, 5.74) is 5.60. The second-order valence-electron chi connectivity index (χ2n) is 6.17. The molecule has 0 radical (unpaired) electrons. The number of carbonyl (C=O) groups excluding carboxylic acids is 2. The zero-order chi connectivity index (χ0) is 21.1. The summed E-state index contributed by atoms with van der Waals surface area (Å²) in [6.07, 6.45) is 0.